The van der Waals surface area contributed by atoms with Crippen LogP contribution in [0.2, 0.25) is 0 Å². The molecule has 0 saturated carbocycles. The van der Waals surface area contributed by atoms with E-state index in [0.717, 1.165) is 59.6 Å². The maximum absolute atomic E-state index is 12.8. The molecule has 0 unspecified atom stereocenters. The van der Waals surface area contributed by atoms with E-state index in [4.69, 9.17) is 11.6 Å². The summed E-state index contributed by atoms with van der Waals surface area (Å²) in [5.41, 5.74) is 4.81. The molecule has 6 nitrogen and oxygen atoms in total. The monoisotopic (exact) mass is 437 g/mol. The van der Waals surface area contributed by atoms with Crippen LogP contribution in [0.25, 0.3) is 22.2 Å². The third kappa shape index (κ3) is 4.75. The summed E-state index contributed by atoms with van der Waals surface area (Å²) < 4.78 is 1.69. The number of likely N-dealkylation sites (N-methyl/N-ethyl adjacent to an activating group) is 1. The summed E-state index contributed by atoms with van der Waals surface area (Å²) in [4.78, 5) is 25.3. The number of allylic oxidation sites excluding steroid dienone is 4. The SMILES string of the molecule is C/C=C(Cl)\C=C(/C)Cn1ccc(-c2c[nH]c3ncc(N4CCN(C)CC4)cc23)cc1=O. The van der Waals surface area contributed by atoms with E-state index in [1.54, 1.807) is 10.6 Å². The summed E-state index contributed by atoms with van der Waals surface area (Å²) in [5.74, 6) is 0. The topological polar surface area (TPSA) is 57.2 Å². The van der Waals surface area contributed by atoms with Crippen molar-refractivity contribution in [2.24, 2.45) is 0 Å². The second-order valence-corrected chi connectivity index (χ2v) is 8.56. The molecule has 0 atom stereocenters. The average Bonchev–Trinajstić information content (AvgIpc) is 3.19. The fourth-order valence-electron chi connectivity index (χ4n) is 3.91. The summed E-state index contributed by atoms with van der Waals surface area (Å²) >= 11 is 6.07. The molecule has 0 aromatic carbocycles. The molecule has 3 aromatic heterocycles. The Kier molecular flexibility index (Phi) is 6.30. The van der Waals surface area contributed by atoms with Gasteiger partial charge in [-0.15, -0.1) is 0 Å². The molecule has 0 radical (unpaired) electrons. The number of anilines is 1. The van der Waals surface area contributed by atoms with E-state index < -0.39 is 0 Å². The van der Waals surface area contributed by atoms with Crippen molar-refractivity contribution in [1.29, 1.82) is 0 Å². The van der Waals surface area contributed by atoms with Crippen LogP contribution in [0.5, 0.6) is 0 Å². The number of H-pyrrole nitrogens is 1. The molecule has 162 valence electrons. The Bertz CT molecular complexity index is 1200. The minimum absolute atomic E-state index is 0.0422. The van der Waals surface area contributed by atoms with Gasteiger partial charge in [-0.25, -0.2) is 4.98 Å². The molecule has 4 rings (SSSR count). The van der Waals surface area contributed by atoms with Crippen LogP contribution in [0.15, 0.2) is 64.3 Å². The zero-order chi connectivity index (χ0) is 22.0. The highest BCUT2D eigenvalue weighted by atomic mass is 35.5. The van der Waals surface area contributed by atoms with Crippen molar-refractivity contribution in [3.63, 3.8) is 0 Å². The fraction of sp³-hybridized carbons (Fsp3) is 0.333. The van der Waals surface area contributed by atoms with Crippen molar-refractivity contribution in [1.82, 2.24) is 19.4 Å². The molecule has 1 aliphatic heterocycles. The molecule has 1 fully saturated rings. The first-order valence-electron chi connectivity index (χ1n) is 10.5. The van der Waals surface area contributed by atoms with Crippen LogP contribution in [-0.2, 0) is 6.54 Å². The number of nitrogens with one attached hydrogen (secondary N) is 1. The maximum atomic E-state index is 12.8. The molecule has 0 amide bonds. The van der Waals surface area contributed by atoms with Crippen LogP contribution in [0.4, 0.5) is 5.69 Å². The molecule has 1 saturated heterocycles. The van der Waals surface area contributed by atoms with Gasteiger partial charge in [0.1, 0.15) is 5.65 Å². The Hall–Kier alpha value is -2.83. The highest BCUT2D eigenvalue weighted by Gasteiger charge is 2.16. The predicted molar refractivity (Wildman–Crippen MR) is 129 cm³/mol. The van der Waals surface area contributed by atoms with E-state index in [1.165, 1.54) is 0 Å². The molecule has 3 aromatic rings. The Labute approximate surface area is 187 Å². The molecule has 1 N–H and O–H groups in total. The standard InChI is InChI=1S/C24H28ClN5O/c1-4-19(25)11-17(2)16-30-6-5-18(12-23(30)31)22-15-27-24-21(22)13-20(14-26-24)29-9-7-28(3)8-10-29/h4-6,11-15H,7-10,16H2,1-3H3,(H,26,27)/b17-11+,19-4+. The third-order valence-electron chi connectivity index (χ3n) is 5.77. The zero-order valence-electron chi connectivity index (χ0n) is 18.2. The van der Waals surface area contributed by atoms with Crippen molar-refractivity contribution >= 4 is 28.3 Å². The van der Waals surface area contributed by atoms with Gasteiger partial charge >= 0.3 is 0 Å². The molecular formula is C24H28ClN5O. The summed E-state index contributed by atoms with van der Waals surface area (Å²) in [6.07, 6.45) is 9.42. The summed E-state index contributed by atoms with van der Waals surface area (Å²) in [6.45, 7) is 8.43. The van der Waals surface area contributed by atoms with Crippen LogP contribution < -0.4 is 10.5 Å². The number of hydrogen-bond donors (Lipinski definition) is 1. The minimum Gasteiger partial charge on any atom is -0.368 e. The van der Waals surface area contributed by atoms with E-state index >= 15 is 0 Å². The van der Waals surface area contributed by atoms with Crippen molar-refractivity contribution in [3.05, 3.63) is 69.9 Å². The largest absolute Gasteiger partial charge is 0.368 e. The molecule has 0 bridgehead atoms. The number of aromatic nitrogens is 3. The van der Waals surface area contributed by atoms with Gasteiger partial charge < -0.3 is 19.4 Å². The van der Waals surface area contributed by atoms with Crippen LogP contribution >= 0.6 is 11.6 Å². The Morgan fingerprint density at radius 2 is 2.03 bits per heavy atom. The Morgan fingerprint density at radius 3 is 2.74 bits per heavy atom. The van der Waals surface area contributed by atoms with Gasteiger partial charge in [-0.2, -0.15) is 0 Å². The number of nitrogens with zero attached hydrogens (tertiary/aromatic N) is 4. The lowest BCUT2D eigenvalue weighted by atomic mass is 10.1. The highest BCUT2D eigenvalue weighted by Crippen LogP contribution is 2.30. The first-order chi connectivity index (χ1) is 14.9. The second kappa shape index (κ2) is 9.12. The molecule has 0 aliphatic carbocycles. The fourth-order valence-corrected chi connectivity index (χ4v) is 4.09. The molecule has 4 heterocycles. The minimum atomic E-state index is -0.0422. The summed E-state index contributed by atoms with van der Waals surface area (Å²) in [5, 5.41) is 1.70. The van der Waals surface area contributed by atoms with E-state index in [0.29, 0.717) is 11.6 Å². The molecule has 1 aliphatic rings. The highest BCUT2D eigenvalue weighted by molar-refractivity contribution is 6.31. The molecule has 7 heteroatoms. The van der Waals surface area contributed by atoms with Crippen LogP contribution in [-0.4, -0.2) is 52.7 Å². The van der Waals surface area contributed by atoms with Gasteiger partial charge in [-0.05, 0) is 44.7 Å². The van der Waals surface area contributed by atoms with Crippen molar-refractivity contribution in [2.45, 2.75) is 20.4 Å². The Balaban J connectivity index is 1.62. The molecule has 0 spiro atoms. The van der Waals surface area contributed by atoms with Gasteiger partial charge in [0.2, 0.25) is 0 Å². The number of halogens is 1. The smallest absolute Gasteiger partial charge is 0.251 e. The third-order valence-corrected chi connectivity index (χ3v) is 6.10. The van der Waals surface area contributed by atoms with Crippen molar-refractivity contribution in [3.8, 4) is 11.1 Å². The van der Waals surface area contributed by atoms with E-state index in [9.17, 15) is 4.79 Å². The lowest BCUT2D eigenvalue weighted by molar-refractivity contribution is 0.313. The Morgan fingerprint density at radius 1 is 1.26 bits per heavy atom. The lowest BCUT2D eigenvalue weighted by Crippen LogP contribution is -2.44. The first kappa shape index (κ1) is 21.4. The molecule has 31 heavy (non-hydrogen) atoms. The van der Waals surface area contributed by atoms with Crippen LogP contribution in [0.1, 0.15) is 13.8 Å². The van der Waals surface area contributed by atoms with E-state index in [1.807, 2.05) is 50.7 Å². The summed E-state index contributed by atoms with van der Waals surface area (Å²) in [6, 6.07) is 5.85. The number of hydrogen-bond acceptors (Lipinski definition) is 4. The maximum Gasteiger partial charge on any atom is 0.251 e. The molecular weight excluding hydrogens is 410 g/mol. The number of pyridine rings is 2. The second-order valence-electron chi connectivity index (χ2n) is 8.13. The number of aromatic amines is 1. The van der Waals surface area contributed by atoms with Crippen LogP contribution in [0.3, 0.4) is 0 Å². The van der Waals surface area contributed by atoms with E-state index in [2.05, 4.69) is 32.9 Å². The van der Waals surface area contributed by atoms with Gasteiger partial charge in [-0.1, -0.05) is 23.3 Å². The first-order valence-corrected chi connectivity index (χ1v) is 10.9. The quantitative estimate of drug-likeness (QED) is 0.607. The van der Waals surface area contributed by atoms with Gasteiger partial charge in [0.15, 0.2) is 0 Å². The number of rotatable bonds is 5. The zero-order valence-corrected chi connectivity index (χ0v) is 19.0. The van der Waals surface area contributed by atoms with Gasteiger partial charge in [-0.3, -0.25) is 4.79 Å². The van der Waals surface area contributed by atoms with Crippen LogP contribution in [0, 0.1) is 0 Å². The summed E-state index contributed by atoms with van der Waals surface area (Å²) in [7, 11) is 2.15. The average molecular weight is 438 g/mol. The van der Waals surface area contributed by atoms with Crippen molar-refractivity contribution < 1.29 is 0 Å². The number of fused-ring (bicyclic) bond motifs is 1. The predicted octanol–water partition coefficient (Wildman–Crippen LogP) is 4.23. The lowest BCUT2D eigenvalue weighted by Gasteiger charge is -2.33. The number of piperazine rings is 1. The van der Waals surface area contributed by atoms with Crippen molar-refractivity contribution in [2.75, 3.05) is 38.1 Å². The van der Waals surface area contributed by atoms with Gasteiger partial charge in [0.05, 0.1) is 11.9 Å². The van der Waals surface area contributed by atoms with E-state index in [-0.39, 0.29) is 5.56 Å². The van der Waals surface area contributed by atoms with Gasteiger partial charge in [0, 0.05) is 67.2 Å². The van der Waals surface area contributed by atoms with Gasteiger partial charge in [0.25, 0.3) is 5.56 Å². The normalized spacial score (nSPS) is 16.3.